The number of nitrogens with zero attached hydrogens (tertiary/aromatic N) is 3. The molecule has 0 amide bonds. The van der Waals surface area contributed by atoms with E-state index in [4.69, 9.17) is 9.63 Å². The first-order chi connectivity index (χ1) is 9.17. The maximum absolute atomic E-state index is 11.1. The van der Waals surface area contributed by atoms with Crippen molar-refractivity contribution >= 4 is 11.9 Å². The Morgan fingerprint density at radius 3 is 2.63 bits per heavy atom. The molecule has 6 heteroatoms. The third-order valence-electron chi connectivity index (χ3n) is 2.85. The van der Waals surface area contributed by atoms with E-state index >= 15 is 0 Å². The van der Waals surface area contributed by atoms with Crippen molar-refractivity contribution in [3.8, 4) is 11.5 Å². The van der Waals surface area contributed by atoms with Crippen molar-refractivity contribution in [2.75, 3.05) is 18.0 Å². The van der Waals surface area contributed by atoms with Crippen LogP contribution in [-0.2, 0) is 0 Å². The minimum Gasteiger partial charge on any atom is -0.478 e. The predicted octanol–water partition coefficient (Wildman–Crippen LogP) is 2.28. The molecule has 0 atom stereocenters. The molecule has 0 spiro atoms. The predicted molar refractivity (Wildman–Crippen MR) is 70.3 cm³/mol. The van der Waals surface area contributed by atoms with Crippen LogP contribution in [0.5, 0.6) is 0 Å². The van der Waals surface area contributed by atoms with Crippen LogP contribution < -0.4 is 4.90 Å². The number of carboxylic acid groups (broad SMARTS) is 1. The summed E-state index contributed by atoms with van der Waals surface area (Å²) in [4.78, 5) is 17.3. The Labute approximate surface area is 110 Å². The molecule has 2 aromatic rings. The molecule has 19 heavy (non-hydrogen) atoms. The molecule has 1 N–H and O–H groups in total. The van der Waals surface area contributed by atoms with Crippen LogP contribution in [0.15, 0.2) is 28.8 Å². The summed E-state index contributed by atoms with van der Waals surface area (Å²) in [7, 11) is 0. The molecule has 0 aliphatic rings. The van der Waals surface area contributed by atoms with Crippen molar-refractivity contribution in [1.82, 2.24) is 10.1 Å². The number of hydrogen-bond donors (Lipinski definition) is 1. The molecule has 0 bridgehead atoms. The second-order valence-electron chi connectivity index (χ2n) is 3.92. The molecule has 0 fully saturated rings. The van der Waals surface area contributed by atoms with E-state index in [1.807, 2.05) is 18.7 Å². The van der Waals surface area contributed by atoms with Gasteiger partial charge in [0.05, 0.1) is 11.1 Å². The van der Waals surface area contributed by atoms with Gasteiger partial charge in [-0.15, -0.1) is 0 Å². The number of anilines is 1. The van der Waals surface area contributed by atoms with Crippen molar-refractivity contribution in [1.29, 1.82) is 0 Å². The summed E-state index contributed by atoms with van der Waals surface area (Å²) in [6.07, 6.45) is 0. The summed E-state index contributed by atoms with van der Waals surface area (Å²) in [5.74, 6) is -0.321. The zero-order valence-electron chi connectivity index (χ0n) is 10.8. The van der Waals surface area contributed by atoms with Crippen LogP contribution >= 0.6 is 0 Å². The molecule has 1 aromatic heterocycles. The highest BCUT2D eigenvalue weighted by atomic mass is 16.5. The molecule has 0 radical (unpaired) electrons. The van der Waals surface area contributed by atoms with Gasteiger partial charge in [-0.25, -0.2) is 4.79 Å². The van der Waals surface area contributed by atoms with Gasteiger partial charge in [0.15, 0.2) is 0 Å². The number of rotatable bonds is 5. The highest BCUT2D eigenvalue weighted by Gasteiger charge is 2.18. The minimum absolute atomic E-state index is 0.150. The van der Waals surface area contributed by atoms with Gasteiger partial charge in [0, 0.05) is 13.1 Å². The van der Waals surface area contributed by atoms with Gasteiger partial charge in [-0.1, -0.05) is 12.1 Å². The first kappa shape index (κ1) is 13.1. The summed E-state index contributed by atoms with van der Waals surface area (Å²) in [6, 6.07) is 6.57. The number of benzene rings is 1. The fraction of sp³-hybridized carbons (Fsp3) is 0.308. The van der Waals surface area contributed by atoms with E-state index in [1.54, 1.807) is 18.2 Å². The van der Waals surface area contributed by atoms with Gasteiger partial charge in [0.25, 0.3) is 11.8 Å². The lowest BCUT2D eigenvalue weighted by molar-refractivity contribution is 0.0697. The van der Waals surface area contributed by atoms with Crippen LogP contribution in [-0.4, -0.2) is 34.3 Å². The van der Waals surface area contributed by atoms with Crippen molar-refractivity contribution in [2.24, 2.45) is 0 Å². The van der Waals surface area contributed by atoms with Gasteiger partial charge in [-0.05, 0) is 31.1 Å². The Kier molecular flexibility index (Phi) is 3.79. The first-order valence-electron chi connectivity index (χ1n) is 6.08. The van der Waals surface area contributed by atoms with E-state index in [0.29, 0.717) is 11.5 Å². The summed E-state index contributed by atoms with van der Waals surface area (Å²) < 4.78 is 5.16. The lowest BCUT2D eigenvalue weighted by atomic mass is 10.1. The van der Waals surface area contributed by atoms with E-state index in [2.05, 4.69) is 10.1 Å². The maximum atomic E-state index is 11.1. The number of carboxylic acids is 1. The zero-order valence-corrected chi connectivity index (χ0v) is 10.8. The molecule has 1 heterocycles. The van der Waals surface area contributed by atoms with Crippen molar-refractivity contribution < 1.29 is 14.4 Å². The second kappa shape index (κ2) is 5.51. The fourth-order valence-electron chi connectivity index (χ4n) is 1.82. The van der Waals surface area contributed by atoms with E-state index in [1.165, 1.54) is 6.07 Å². The van der Waals surface area contributed by atoms with Crippen molar-refractivity contribution in [3.05, 3.63) is 29.8 Å². The summed E-state index contributed by atoms with van der Waals surface area (Å²) in [6.45, 7) is 5.50. The second-order valence-corrected chi connectivity index (χ2v) is 3.92. The van der Waals surface area contributed by atoms with Crippen LogP contribution in [0, 0.1) is 0 Å². The standard InChI is InChI=1S/C13H15N3O3/c1-3-16(4-2)13-14-11(19-15-13)9-7-5-6-8-10(9)12(17)18/h5-8H,3-4H2,1-2H3,(H,17,18). The van der Waals surface area contributed by atoms with Gasteiger partial charge >= 0.3 is 5.97 Å². The minimum atomic E-state index is -1.02. The van der Waals surface area contributed by atoms with Gasteiger partial charge < -0.3 is 14.5 Å². The number of aromatic carboxylic acids is 1. The maximum Gasteiger partial charge on any atom is 0.336 e. The number of hydrogen-bond acceptors (Lipinski definition) is 5. The molecule has 1 aromatic carbocycles. The summed E-state index contributed by atoms with van der Waals surface area (Å²) in [5, 5.41) is 13.0. The Hall–Kier alpha value is -2.37. The van der Waals surface area contributed by atoms with Gasteiger partial charge in [-0.2, -0.15) is 4.98 Å². The highest BCUT2D eigenvalue weighted by Crippen LogP contribution is 2.24. The Morgan fingerprint density at radius 2 is 2.00 bits per heavy atom. The van der Waals surface area contributed by atoms with Crippen LogP contribution in [0.1, 0.15) is 24.2 Å². The lowest BCUT2D eigenvalue weighted by Crippen LogP contribution is -2.22. The van der Waals surface area contributed by atoms with Crippen LogP contribution in [0.25, 0.3) is 11.5 Å². The molecule has 6 nitrogen and oxygen atoms in total. The average Bonchev–Trinajstić information content (AvgIpc) is 2.89. The van der Waals surface area contributed by atoms with Crippen LogP contribution in [0.3, 0.4) is 0 Å². The first-order valence-corrected chi connectivity index (χ1v) is 6.08. The molecule has 2 rings (SSSR count). The fourth-order valence-corrected chi connectivity index (χ4v) is 1.82. The molecule has 0 saturated heterocycles. The Bertz CT molecular complexity index is 576. The topological polar surface area (TPSA) is 79.5 Å². The van der Waals surface area contributed by atoms with Gasteiger partial charge in [-0.3, -0.25) is 0 Å². The van der Waals surface area contributed by atoms with Gasteiger partial charge in [0.2, 0.25) is 0 Å². The SMILES string of the molecule is CCN(CC)c1noc(-c2ccccc2C(=O)O)n1. The Morgan fingerprint density at radius 1 is 1.32 bits per heavy atom. The van der Waals surface area contributed by atoms with E-state index in [-0.39, 0.29) is 11.5 Å². The normalized spacial score (nSPS) is 10.4. The molecule has 100 valence electrons. The Balaban J connectivity index is 2.41. The van der Waals surface area contributed by atoms with Crippen molar-refractivity contribution in [2.45, 2.75) is 13.8 Å². The van der Waals surface area contributed by atoms with E-state index in [0.717, 1.165) is 13.1 Å². The summed E-state index contributed by atoms with van der Waals surface area (Å²) in [5.41, 5.74) is 0.582. The molecule has 0 aliphatic carbocycles. The lowest BCUT2D eigenvalue weighted by Gasteiger charge is -2.14. The molecular weight excluding hydrogens is 246 g/mol. The van der Waals surface area contributed by atoms with Crippen LogP contribution in [0.2, 0.25) is 0 Å². The molecule has 0 unspecified atom stereocenters. The monoisotopic (exact) mass is 261 g/mol. The van der Waals surface area contributed by atoms with Gasteiger partial charge in [0.1, 0.15) is 0 Å². The largest absolute Gasteiger partial charge is 0.478 e. The highest BCUT2D eigenvalue weighted by molar-refractivity contribution is 5.94. The number of carbonyl (C=O) groups is 1. The van der Waals surface area contributed by atoms with Crippen molar-refractivity contribution in [3.63, 3.8) is 0 Å². The smallest absolute Gasteiger partial charge is 0.336 e. The molecule has 0 saturated carbocycles. The number of aromatic nitrogens is 2. The van der Waals surface area contributed by atoms with E-state index < -0.39 is 5.97 Å². The van der Waals surface area contributed by atoms with Crippen LogP contribution in [0.4, 0.5) is 5.95 Å². The van der Waals surface area contributed by atoms with E-state index in [9.17, 15) is 4.79 Å². The zero-order chi connectivity index (χ0) is 13.8. The summed E-state index contributed by atoms with van der Waals surface area (Å²) >= 11 is 0. The average molecular weight is 261 g/mol. The molecule has 0 aliphatic heterocycles. The quantitative estimate of drug-likeness (QED) is 0.889. The molecular formula is C13H15N3O3. The third-order valence-corrected chi connectivity index (χ3v) is 2.85. The third kappa shape index (κ3) is 2.57.